The van der Waals surface area contributed by atoms with Crippen molar-refractivity contribution in [3.8, 4) is 11.8 Å². The largest absolute Gasteiger partial charge is 0.481 e. The molecule has 0 spiro atoms. The first-order valence-corrected chi connectivity index (χ1v) is 11.6. The molecule has 10 nitrogen and oxygen atoms in total. The third-order valence-corrected chi connectivity index (χ3v) is 6.11. The zero-order valence-corrected chi connectivity index (χ0v) is 21.0. The quantitative estimate of drug-likeness (QED) is 0.471. The van der Waals surface area contributed by atoms with E-state index in [0.717, 1.165) is 16.9 Å². The van der Waals surface area contributed by atoms with E-state index in [2.05, 4.69) is 15.3 Å². The first kappa shape index (κ1) is 26.8. The number of pyridine rings is 1. The van der Waals surface area contributed by atoms with Gasteiger partial charge in [-0.2, -0.15) is 18.2 Å². The summed E-state index contributed by atoms with van der Waals surface area (Å²) in [5.74, 6) is 0.224. The Morgan fingerprint density at radius 1 is 1.05 bits per heavy atom. The number of carbonyl (C=O) groups is 1. The van der Waals surface area contributed by atoms with Crippen molar-refractivity contribution in [1.29, 1.82) is 0 Å². The second kappa shape index (κ2) is 11.0. The van der Waals surface area contributed by atoms with E-state index in [4.69, 9.17) is 14.3 Å². The average molecular weight is 534 g/mol. The number of nitrogens with one attached hydrogen (secondary N) is 1. The van der Waals surface area contributed by atoms with E-state index in [1.165, 1.54) is 38.4 Å². The molecule has 1 N–H and O–H groups in total. The first-order valence-electron chi connectivity index (χ1n) is 11.6. The fourth-order valence-electron chi connectivity index (χ4n) is 4.12. The summed E-state index contributed by atoms with van der Waals surface area (Å²) in [7, 11) is 4.17. The second-order valence-corrected chi connectivity index (χ2v) is 8.40. The molecule has 4 rings (SSSR count). The van der Waals surface area contributed by atoms with Crippen molar-refractivity contribution in [2.75, 3.05) is 39.7 Å². The Kier molecular flexibility index (Phi) is 7.74. The number of anilines is 1. The minimum Gasteiger partial charge on any atom is -0.481 e. The van der Waals surface area contributed by atoms with Gasteiger partial charge in [-0.15, -0.1) is 4.73 Å². The van der Waals surface area contributed by atoms with Gasteiger partial charge in [0.1, 0.15) is 12.7 Å². The van der Waals surface area contributed by atoms with E-state index in [1.807, 2.05) is 0 Å². The van der Waals surface area contributed by atoms with E-state index in [1.54, 1.807) is 12.1 Å². The zero-order chi connectivity index (χ0) is 27.4. The molecule has 202 valence electrons. The number of rotatable bonds is 8. The third kappa shape index (κ3) is 5.50. The molecular formula is C25H26F3N5O5. The van der Waals surface area contributed by atoms with Crippen LogP contribution in [0.3, 0.4) is 0 Å². The fraction of sp³-hybridized carbons (Fsp3) is 0.360. The number of benzene rings is 1. The number of hydrogen-bond acceptors (Lipinski definition) is 8. The van der Waals surface area contributed by atoms with Crippen LogP contribution in [0.2, 0.25) is 0 Å². The molecule has 1 amide bonds. The van der Waals surface area contributed by atoms with Gasteiger partial charge in [0.2, 0.25) is 17.7 Å². The summed E-state index contributed by atoms with van der Waals surface area (Å²) < 4.78 is 49.6. The van der Waals surface area contributed by atoms with Crippen molar-refractivity contribution in [3.05, 3.63) is 74.7 Å². The normalized spacial score (nSPS) is 13.1. The highest BCUT2D eigenvalue weighted by Crippen LogP contribution is 2.29. The number of amides is 1. The smallest absolute Gasteiger partial charge is 0.416 e. The van der Waals surface area contributed by atoms with Gasteiger partial charge in [0.25, 0.3) is 11.5 Å². The van der Waals surface area contributed by atoms with Crippen LogP contribution in [-0.2, 0) is 25.6 Å². The molecule has 0 bridgehead atoms. The molecule has 0 unspecified atom stereocenters. The Hall–Kier alpha value is -4.29. The molecule has 13 heteroatoms. The number of aromatic nitrogens is 3. The minimum atomic E-state index is -4.39. The molecule has 0 atom stereocenters. The van der Waals surface area contributed by atoms with Gasteiger partial charge in [-0.1, -0.05) is 12.1 Å². The number of methoxy groups -OCH3 is 2. The average Bonchev–Trinajstić information content (AvgIpc) is 2.92. The molecule has 1 aliphatic rings. The maximum Gasteiger partial charge on any atom is 0.416 e. The molecular weight excluding hydrogens is 507 g/mol. The van der Waals surface area contributed by atoms with E-state index >= 15 is 0 Å². The van der Waals surface area contributed by atoms with Crippen LogP contribution in [0.15, 0.2) is 41.2 Å². The van der Waals surface area contributed by atoms with Gasteiger partial charge in [-0.05, 0) is 30.2 Å². The van der Waals surface area contributed by atoms with Crippen LogP contribution >= 0.6 is 0 Å². The van der Waals surface area contributed by atoms with Crippen molar-refractivity contribution in [2.45, 2.75) is 25.6 Å². The summed E-state index contributed by atoms with van der Waals surface area (Å²) in [5, 5.41) is 3.02. The highest BCUT2D eigenvalue weighted by molar-refractivity contribution is 5.96. The summed E-state index contributed by atoms with van der Waals surface area (Å²) in [6, 6.07) is 7.98. The molecule has 0 saturated carbocycles. The number of halogens is 3. The zero-order valence-electron chi connectivity index (χ0n) is 21.0. The number of hydrogen-bond donors (Lipinski definition) is 1. The summed E-state index contributed by atoms with van der Waals surface area (Å²) in [4.78, 5) is 41.8. The molecule has 0 aliphatic carbocycles. The van der Waals surface area contributed by atoms with Gasteiger partial charge in [0.15, 0.2) is 0 Å². The van der Waals surface area contributed by atoms with Crippen molar-refractivity contribution in [3.63, 3.8) is 0 Å². The maximum atomic E-state index is 13.2. The molecule has 3 aromatic rings. The highest BCUT2D eigenvalue weighted by atomic mass is 19.4. The lowest BCUT2D eigenvalue weighted by Crippen LogP contribution is -2.42. The van der Waals surface area contributed by atoms with Crippen molar-refractivity contribution in [1.82, 2.24) is 19.6 Å². The Morgan fingerprint density at radius 2 is 1.79 bits per heavy atom. The molecule has 0 fully saturated rings. The Bertz CT molecular complexity index is 1380. The van der Waals surface area contributed by atoms with Crippen LogP contribution < -0.4 is 25.2 Å². The first-order chi connectivity index (χ1) is 18.2. The third-order valence-electron chi connectivity index (χ3n) is 6.11. The lowest BCUT2D eigenvalue weighted by Gasteiger charge is -2.29. The van der Waals surface area contributed by atoms with Gasteiger partial charge in [0.05, 0.1) is 37.6 Å². The van der Waals surface area contributed by atoms with Gasteiger partial charge in [-0.3, -0.25) is 9.59 Å². The molecule has 3 heterocycles. The molecule has 2 aromatic heterocycles. The van der Waals surface area contributed by atoms with Gasteiger partial charge >= 0.3 is 6.18 Å². The Balaban J connectivity index is 1.49. The van der Waals surface area contributed by atoms with Crippen LogP contribution in [0.25, 0.3) is 0 Å². The van der Waals surface area contributed by atoms with Crippen LogP contribution in [0.1, 0.15) is 32.7 Å². The standard InChI is InChI=1S/C25H26F3N5O5/c1-36-20-9-8-17(21(31-20)37-2)22(34)32-13-11-19-18(14-32)23(35)33(38-3)24(30-19)29-12-10-15-4-6-16(7-5-15)25(26,27)28/h4-9H,10-14H2,1-3H3,(H,29,30). The predicted octanol–water partition coefficient (Wildman–Crippen LogP) is 2.59. The van der Waals surface area contributed by atoms with Gasteiger partial charge in [0, 0.05) is 25.6 Å². The summed E-state index contributed by atoms with van der Waals surface area (Å²) in [5.41, 5.74) is 0.593. The number of alkyl halides is 3. The van der Waals surface area contributed by atoms with Crippen molar-refractivity contribution < 1.29 is 32.3 Å². The Labute approximate surface area is 215 Å². The van der Waals surface area contributed by atoms with Crippen molar-refractivity contribution in [2.24, 2.45) is 0 Å². The summed E-state index contributed by atoms with van der Waals surface area (Å²) >= 11 is 0. The van der Waals surface area contributed by atoms with E-state index in [0.29, 0.717) is 48.6 Å². The SMILES string of the molecule is COc1ccc(C(=O)N2CCc3nc(NCCc4ccc(C(F)(F)F)cc4)n(OC)c(=O)c3C2)c(OC)n1. The summed E-state index contributed by atoms with van der Waals surface area (Å²) in [6.45, 7) is 0.634. The molecule has 0 radical (unpaired) electrons. The van der Waals surface area contributed by atoms with E-state index < -0.39 is 17.3 Å². The summed E-state index contributed by atoms with van der Waals surface area (Å²) in [6.07, 6.45) is -3.66. The topological polar surface area (TPSA) is 108 Å². The van der Waals surface area contributed by atoms with Crippen LogP contribution in [0.5, 0.6) is 11.8 Å². The maximum absolute atomic E-state index is 13.2. The number of carbonyl (C=O) groups excluding carboxylic acids is 1. The lowest BCUT2D eigenvalue weighted by molar-refractivity contribution is -0.137. The van der Waals surface area contributed by atoms with Crippen LogP contribution in [-0.4, -0.2) is 59.9 Å². The molecule has 1 aliphatic heterocycles. The second-order valence-electron chi connectivity index (χ2n) is 8.40. The Morgan fingerprint density at radius 3 is 2.42 bits per heavy atom. The fourth-order valence-corrected chi connectivity index (χ4v) is 4.12. The monoisotopic (exact) mass is 533 g/mol. The molecule has 0 saturated heterocycles. The number of nitrogens with zero attached hydrogens (tertiary/aromatic N) is 4. The lowest BCUT2D eigenvalue weighted by atomic mass is 10.1. The minimum absolute atomic E-state index is 0.0182. The van der Waals surface area contributed by atoms with Gasteiger partial charge < -0.3 is 24.5 Å². The number of fused-ring (bicyclic) bond motifs is 1. The number of ether oxygens (including phenoxy) is 2. The highest BCUT2D eigenvalue weighted by Gasteiger charge is 2.30. The van der Waals surface area contributed by atoms with Gasteiger partial charge in [-0.25, -0.2) is 4.98 Å². The van der Waals surface area contributed by atoms with E-state index in [9.17, 15) is 22.8 Å². The predicted molar refractivity (Wildman–Crippen MR) is 130 cm³/mol. The van der Waals surface area contributed by atoms with Crippen molar-refractivity contribution >= 4 is 11.9 Å². The molecule has 38 heavy (non-hydrogen) atoms. The molecule has 1 aromatic carbocycles. The van der Waals surface area contributed by atoms with E-state index in [-0.39, 0.29) is 29.8 Å². The van der Waals surface area contributed by atoms with Crippen LogP contribution in [0, 0.1) is 0 Å². The van der Waals surface area contributed by atoms with Crippen LogP contribution in [0.4, 0.5) is 19.1 Å².